The Hall–Kier alpha value is -3.12. The molecule has 0 heterocycles. The molecule has 0 N–H and O–H groups in total. The van der Waals surface area contributed by atoms with Gasteiger partial charge in [-0.2, -0.15) is 0 Å². The van der Waals surface area contributed by atoms with Crippen molar-refractivity contribution in [2.45, 2.75) is 71.6 Å². The van der Waals surface area contributed by atoms with Gasteiger partial charge in [0.1, 0.15) is 0 Å². The van der Waals surface area contributed by atoms with Gasteiger partial charge in [0.05, 0.1) is 0 Å². The topological polar surface area (TPSA) is 0 Å². The lowest BCUT2D eigenvalue weighted by Crippen LogP contribution is -2.20. The molecule has 4 aromatic carbocycles. The molecule has 0 fully saturated rings. The second-order valence-corrected chi connectivity index (χ2v) is 11.8. The van der Waals surface area contributed by atoms with Crippen molar-refractivity contribution in [3.63, 3.8) is 0 Å². The Kier molecular flexibility index (Phi) is 5.75. The highest BCUT2D eigenvalue weighted by Crippen LogP contribution is 2.52. The minimum atomic E-state index is 0.0423. The minimum absolute atomic E-state index is 0.0423. The number of hydrogen-bond acceptors (Lipinski definition) is 0. The lowest BCUT2D eigenvalue weighted by molar-refractivity contribution is 0.563. The fraction of sp³-hybridized carbons (Fsp3) is 0.314. The van der Waals surface area contributed by atoms with Gasteiger partial charge in [0.2, 0.25) is 0 Å². The molecule has 2 atom stereocenters. The Morgan fingerprint density at radius 2 is 1.11 bits per heavy atom. The van der Waals surface area contributed by atoms with Crippen molar-refractivity contribution in [3.05, 3.63) is 129 Å². The average Bonchev–Trinajstić information content (AvgIpc) is 3.08. The van der Waals surface area contributed by atoms with Crippen LogP contribution in [0.1, 0.15) is 91.5 Å². The normalized spacial score (nSPS) is 17.7. The fourth-order valence-electron chi connectivity index (χ4n) is 5.82. The zero-order valence-electron chi connectivity index (χ0n) is 22.4. The zero-order valence-corrected chi connectivity index (χ0v) is 22.4. The van der Waals surface area contributed by atoms with Crippen molar-refractivity contribution in [3.8, 4) is 11.1 Å². The summed E-state index contributed by atoms with van der Waals surface area (Å²) in [7, 11) is 0. The Labute approximate surface area is 212 Å². The number of fused-ring (bicyclic) bond motifs is 3. The van der Waals surface area contributed by atoms with Crippen LogP contribution in [0.25, 0.3) is 11.1 Å². The molecule has 0 radical (unpaired) electrons. The Morgan fingerprint density at radius 1 is 0.629 bits per heavy atom. The standard InChI is InChI=1S/C35H38/c1-8-35(7)31-21-24(3)11-19-29(31)30-20-16-27(22-32(30)35)33(25-12-9-23(2)10-13-25)26-14-17-28(18-15-26)34(4,5)6/h9-22,33H,8H2,1-7H3. The van der Waals surface area contributed by atoms with Crippen molar-refractivity contribution in [1.82, 2.24) is 0 Å². The lowest BCUT2D eigenvalue weighted by atomic mass is 9.75. The molecule has 178 valence electrons. The van der Waals surface area contributed by atoms with Gasteiger partial charge in [-0.05, 0) is 70.2 Å². The van der Waals surface area contributed by atoms with E-state index in [1.54, 1.807) is 0 Å². The average molecular weight is 459 g/mol. The van der Waals surface area contributed by atoms with Crippen LogP contribution in [0.15, 0.2) is 84.9 Å². The maximum absolute atomic E-state index is 2.51. The summed E-state index contributed by atoms with van der Waals surface area (Å²) in [4.78, 5) is 0. The highest BCUT2D eigenvalue weighted by molar-refractivity contribution is 5.81. The molecular weight excluding hydrogens is 420 g/mol. The van der Waals surface area contributed by atoms with Crippen LogP contribution in [0.3, 0.4) is 0 Å². The molecule has 0 nitrogen and oxygen atoms in total. The summed E-state index contributed by atoms with van der Waals surface area (Å²) in [6.45, 7) is 16.0. The van der Waals surface area contributed by atoms with Gasteiger partial charge in [-0.25, -0.2) is 0 Å². The summed E-state index contributed by atoms with van der Waals surface area (Å²) < 4.78 is 0. The number of hydrogen-bond donors (Lipinski definition) is 0. The van der Waals surface area contributed by atoms with Gasteiger partial charge in [0.15, 0.2) is 0 Å². The smallest absolute Gasteiger partial charge is 0.0340 e. The van der Waals surface area contributed by atoms with E-state index in [0.29, 0.717) is 0 Å². The van der Waals surface area contributed by atoms with E-state index in [0.717, 1.165) is 6.42 Å². The van der Waals surface area contributed by atoms with Crippen molar-refractivity contribution >= 4 is 0 Å². The molecule has 0 bridgehead atoms. The van der Waals surface area contributed by atoms with Crippen LogP contribution in [0.4, 0.5) is 0 Å². The predicted octanol–water partition coefficient (Wildman–Crippen LogP) is 9.48. The van der Waals surface area contributed by atoms with E-state index in [9.17, 15) is 0 Å². The first kappa shape index (κ1) is 23.6. The van der Waals surface area contributed by atoms with Gasteiger partial charge >= 0.3 is 0 Å². The van der Waals surface area contributed by atoms with Gasteiger partial charge in [-0.1, -0.05) is 131 Å². The van der Waals surface area contributed by atoms with Crippen LogP contribution in [0, 0.1) is 13.8 Å². The third kappa shape index (κ3) is 4.04. The number of aryl methyl sites for hydroxylation is 2. The third-order valence-corrected chi connectivity index (χ3v) is 8.26. The largest absolute Gasteiger partial charge is 0.0642 e. The van der Waals surface area contributed by atoms with Gasteiger partial charge in [-0.15, -0.1) is 0 Å². The molecule has 5 rings (SSSR count). The van der Waals surface area contributed by atoms with E-state index in [2.05, 4.69) is 133 Å². The van der Waals surface area contributed by atoms with E-state index in [1.165, 1.54) is 55.6 Å². The number of rotatable bonds is 4. The quantitative estimate of drug-likeness (QED) is 0.267. The zero-order chi connectivity index (χ0) is 25.0. The molecular formula is C35H38. The van der Waals surface area contributed by atoms with Crippen LogP contribution >= 0.6 is 0 Å². The molecule has 0 saturated heterocycles. The minimum Gasteiger partial charge on any atom is -0.0642 e. The van der Waals surface area contributed by atoms with Crippen molar-refractivity contribution in [2.24, 2.45) is 0 Å². The molecule has 2 unspecified atom stereocenters. The first-order valence-electron chi connectivity index (χ1n) is 13.0. The van der Waals surface area contributed by atoms with Crippen molar-refractivity contribution < 1.29 is 0 Å². The highest BCUT2D eigenvalue weighted by Gasteiger charge is 2.38. The fourth-order valence-corrected chi connectivity index (χ4v) is 5.82. The maximum Gasteiger partial charge on any atom is 0.0340 e. The Balaban J connectivity index is 1.67. The van der Waals surface area contributed by atoms with Crippen LogP contribution in [0.5, 0.6) is 0 Å². The molecule has 0 amide bonds. The van der Waals surface area contributed by atoms with Crippen LogP contribution in [-0.2, 0) is 10.8 Å². The second-order valence-electron chi connectivity index (χ2n) is 11.8. The molecule has 35 heavy (non-hydrogen) atoms. The monoisotopic (exact) mass is 458 g/mol. The maximum atomic E-state index is 2.51. The second kappa shape index (κ2) is 8.52. The Bertz CT molecular complexity index is 1360. The van der Waals surface area contributed by atoms with Gasteiger partial charge in [-0.3, -0.25) is 0 Å². The third-order valence-electron chi connectivity index (χ3n) is 8.26. The van der Waals surface area contributed by atoms with Gasteiger partial charge in [0, 0.05) is 11.3 Å². The van der Waals surface area contributed by atoms with E-state index in [4.69, 9.17) is 0 Å². The van der Waals surface area contributed by atoms with E-state index >= 15 is 0 Å². The van der Waals surface area contributed by atoms with E-state index < -0.39 is 0 Å². The first-order chi connectivity index (χ1) is 16.6. The summed E-state index contributed by atoms with van der Waals surface area (Å²) in [6, 6.07) is 32.7. The summed E-state index contributed by atoms with van der Waals surface area (Å²) in [6.07, 6.45) is 1.09. The van der Waals surface area contributed by atoms with Crippen LogP contribution < -0.4 is 0 Å². The van der Waals surface area contributed by atoms with Gasteiger partial charge in [0.25, 0.3) is 0 Å². The molecule has 0 heteroatoms. The molecule has 0 aliphatic heterocycles. The van der Waals surface area contributed by atoms with Crippen LogP contribution in [0.2, 0.25) is 0 Å². The highest BCUT2D eigenvalue weighted by atomic mass is 14.4. The Morgan fingerprint density at radius 3 is 1.69 bits per heavy atom. The summed E-state index contributed by atoms with van der Waals surface area (Å²) in [5.74, 6) is 0.210. The summed E-state index contributed by atoms with van der Waals surface area (Å²) in [5.41, 5.74) is 14.1. The van der Waals surface area contributed by atoms with Crippen LogP contribution in [-0.4, -0.2) is 0 Å². The SMILES string of the molecule is CCC1(C)c2cc(C)ccc2-c2ccc(C(c3ccc(C)cc3)c3ccc(C(C)(C)C)cc3)cc21. The molecule has 0 saturated carbocycles. The van der Waals surface area contributed by atoms with Crippen molar-refractivity contribution in [2.75, 3.05) is 0 Å². The predicted molar refractivity (Wildman–Crippen MR) is 151 cm³/mol. The molecule has 0 aromatic heterocycles. The molecule has 1 aliphatic carbocycles. The van der Waals surface area contributed by atoms with E-state index in [-0.39, 0.29) is 16.7 Å². The molecule has 0 spiro atoms. The summed E-state index contributed by atoms with van der Waals surface area (Å²) >= 11 is 0. The number of benzene rings is 4. The van der Waals surface area contributed by atoms with Crippen molar-refractivity contribution in [1.29, 1.82) is 0 Å². The molecule has 4 aromatic rings. The summed E-state index contributed by atoms with van der Waals surface area (Å²) in [5, 5.41) is 0. The first-order valence-corrected chi connectivity index (χ1v) is 13.0. The lowest BCUT2D eigenvalue weighted by Gasteiger charge is -2.28. The van der Waals surface area contributed by atoms with Gasteiger partial charge < -0.3 is 0 Å². The van der Waals surface area contributed by atoms with E-state index in [1.807, 2.05) is 0 Å². The molecule has 1 aliphatic rings.